The van der Waals surface area contributed by atoms with E-state index in [2.05, 4.69) is 5.32 Å². The summed E-state index contributed by atoms with van der Waals surface area (Å²) in [5, 5.41) is 3.07. The lowest BCUT2D eigenvalue weighted by molar-refractivity contribution is -0.121. The monoisotopic (exact) mass is 356 g/mol. The Labute approximate surface area is 153 Å². The van der Waals surface area contributed by atoms with E-state index in [-0.39, 0.29) is 17.9 Å². The number of nitrogens with one attached hydrogen (secondary N) is 1. The van der Waals surface area contributed by atoms with Gasteiger partial charge in [0.15, 0.2) is 5.76 Å². The smallest absolute Gasteiger partial charge is 0.289 e. The van der Waals surface area contributed by atoms with Gasteiger partial charge in [-0.2, -0.15) is 0 Å². The van der Waals surface area contributed by atoms with Crippen molar-refractivity contribution in [3.63, 3.8) is 0 Å². The molecular weight excluding hydrogens is 332 g/mol. The number of nitrogens with zero attached hydrogens (tertiary/aromatic N) is 1. The zero-order chi connectivity index (χ0) is 18.5. The minimum absolute atomic E-state index is 0.00767. The van der Waals surface area contributed by atoms with Crippen LogP contribution in [0.4, 0.5) is 0 Å². The molecule has 6 heteroatoms. The predicted octanol–water partition coefficient (Wildman–Crippen LogP) is 2.56. The maximum atomic E-state index is 12.3. The molecule has 0 radical (unpaired) electrons. The quantitative estimate of drug-likeness (QED) is 0.894. The number of benzene rings is 1. The van der Waals surface area contributed by atoms with Gasteiger partial charge in [-0.05, 0) is 49.1 Å². The lowest BCUT2D eigenvalue weighted by Crippen LogP contribution is -2.46. The van der Waals surface area contributed by atoms with E-state index in [1.807, 2.05) is 25.1 Å². The zero-order valence-corrected chi connectivity index (χ0v) is 15.2. The highest BCUT2D eigenvalue weighted by molar-refractivity contribution is 5.91. The van der Waals surface area contributed by atoms with Crippen molar-refractivity contribution in [2.75, 3.05) is 20.2 Å². The average molecular weight is 356 g/mol. The first-order valence-electron chi connectivity index (χ1n) is 8.82. The molecule has 2 aromatic rings. The summed E-state index contributed by atoms with van der Waals surface area (Å²) in [6, 6.07) is 9.28. The van der Waals surface area contributed by atoms with E-state index in [0.717, 1.165) is 29.7 Å². The topological polar surface area (TPSA) is 71.8 Å². The predicted molar refractivity (Wildman–Crippen MR) is 97.2 cm³/mol. The van der Waals surface area contributed by atoms with Gasteiger partial charge in [0.2, 0.25) is 5.91 Å². The van der Waals surface area contributed by atoms with Gasteiger partial charge in [0.05, 0.1) is 19.8 Å². The molecule has 1 aromatic heterocycles. The number of carbonyl (C=O) groups is 2. The Hall–Kier alpha value is -2.76. The first-order valence-corrected chi connectivity index (χ1v) is 8.82. The third-order valence-electron chi connectivity index (χ3n) is 4.72. The van der Waals surface area contributed by atoms with Gasteiger partial charge in [-0.3, -0.25) is 9.59 Å². The summed E-state index contributed by atoms with van der Waals surface area (Å²) in [6.07, 6.45) is 3.31. The Balaban J connectivity index is 1.48. The molecule has 1 aromatic carbocycles. The van der Waals surface area contributed by atoms with Crippen molar-refractivity contribution in [2.45, 2.75) is 32.2 Å². The molecule has 1 fully saturated rings. The largest absolute Gasteiger partial charge is 0.496 e. The zero-order valence-electron chi connectivity index (χ0n) is 15.2. The van der Waals surface area contributed by atoms with Gasteiger partial charge < -0.3 is 19.4 Å². The molecule has 1 N–H and O–H groups in total. The number of methoxy groups -OCH3 is 1. The molecule has 3 rings (SSSR count). The van der Waals surface area contributed by atoms with Crippen molar-refractivity contribution in [3.05, 3.63) is 53.5 Å². The summed E-state index contributed by atoms with van der Waals surface area (Å²) in [5.74, 6) is 1.05. The molecule has 0 spiro atoms. The van der Waals surface area contributed by atoms with Crippen molar-refractivity contribution in [1.82, 2.24) is 10.2 Å². The Morgan fingerprint density at radius 3 is 2.69 bits per heavy atom. The van der Waals surface area contributed by atoms with Crippen molar-refractivity contribution >= 4 is 11.8 Å². The fraction of sp³-hybridized carbons (Fsp3) is 0.400. The van der Waals surface area contributed by atoms with E-state index < -0.39 is 0 Å². The van der Waals surface area contributed by atoms with E-state index >= 15 is 0 Å². The number of aryl methyl sites for hydroxylation is 1. The van der Waals surface area contributed by atoms with Crippen LogP contribution in [0.1, 0.15) is 34.5 Å². The van der Waals surface area contributed by atoms with E-state index in [1.54, 1.807) is 24.1 Å². The first kappa shape index (κ1) is 18.0. The number of likely N-dealkylation sites (tertiary alicyclic amines) is 1. The Morgan fingerprint density at radius 2 is 2.04 bits per heavy atom. The lowest BCUT2D eigenvalue weighted by Gasteiger charge is -2.31. The SMILES string of the molecule is COc1cc(CC(=O)NC2CCN(C(=O)c3ccco3)CC2)ccc1C. The van der Waals surface area contributed by atoms with Crippen molar-refractivity contribution in [2.24, 2.45) is 0 Å². The van der Waals surface area contributed by atoms with Gasteiger partial charge >= 0.3 is 0 Å². The summed E-state index contributed by atoms with van der Waals surface area (Å²) < 4.78 is 10.5. The Morgan fingerprint density at radius 1 is 1.27 bits per heavy atom. The number of furan rings is 1. The van der Waals surface area contributed by atoms with Crippen LogP contribution in [-0.4, -0.2) is 43.0 Å². The number of hydrogen-bond donors (Lipinski definition) is 1. The highest BCUT2D eigenvalue weighted by Gasteiger charge is 2.25. The van der Waals surface area contributed by atoms with Crippen LogP contribution in [0.25, 0.3) is 0 Å². The minimum Gasteiger partial charge on any atom is -0.496 e. The first-order chi connectivity index (χ1) is 12.6. The molecule has 1 aliphatic rings. The van der Waals surface area contributed by atoms with Crippen LogP contribution in [0, 0.1) is 6.92 Å². The normalized spacial score (nSPS) is 14.9. The number of carbonyl (C=O) groups excluding carboxylic acids is 2. The van der Waals surface area contributed by atoms with Gasteiger partial charge in [0, 0.05) is 19.1 Å². The third kappa shape index (κ3) is 4.25. The summed E-state index contributed by atoms with van der Waals surface area (Å²) in [4.78, 5) is 26.3. The molecule has 0 saturated carbocycles. The van der Waals surface area contributed by atoms with Gasteiger partial charge in [-0.25, -0.2) is 0 Å². The van der Waals surface area contributed by atoms with Crippen LogP contribution in [-0.2, 0) is 11.2 Å². The van der Waals surface area contributed by atoms with Crippen molar-refractivity contribution < 1.29 is 18.7 Å². The van der Waals surface area contributed by atoms with Crippen LogP contribution >= 0.6 is 0 Å². The van der Waals surface area contributed by atoms with Gasteiger partial charge in [-0.15, -0.1) is 0 Å². The molecule has 0 atom stereocenters. The second-order valence-corrected chi connectivity index (χ2v) is 6.59. The maximum absolute atomic E-state index is 12.3. The number of rotatable bonds is 5. The summed E-state index contributed by atoms with van der Waals surface area (Å²) in [6.45, 7) is 3.20. The molecule has 2 amide bonds. The molecule has 1 aliphatic heterocycles. The van der Waals surface area contributed by atoms with Crippen LogP contribution in [0.15, 0.2) is 41.0 Å². The molecule has 138 valence electrons. The second kappa shape index (κ2) is 8.08. The standard InChI is InChI=1S/C20H24N2O4/c1-14-5-6-15(12-18(14)25-2)13-19(23)21-16-7-9-22(10-8-16)20(24)17-4-3-11-26-17/h3-6,11-12,16H,7-10,13H2,1-2H3,(H,21,23). The number of piperidine rings is 1. The number of ether oxygens (including phenoxy) is 1. The highest BCUT2D eigenvalue weighted by atomic mass is 16.5. The summed E-state index contributed by atoms with van der Waals surface area (Å²) in [7, 11) is 1.63. The van der Waals surface area contributed by atoms with Crippen molar-refractivity contribution in [3.8, 4) is 5.75 Å². The minimum atomic E-state index is -0.0912. The summed E-state index contributed by atoms with van der Waals surface area (Å²) in [5.41, 5.74) is 1.97. The fourth-order valence-electron chi connectivity index (χ4n) is 3.22. The number of hydrogen-bond acceptors (Lipinski definition) is 4. The van der Waals surface area contributed by atoms with E-state index in [4.69, 9.17) is 9.15 Å². The van der Waals surface area contributed by atoms with Gasteiger partial charge in [0.25, 0.3) is 5.91 Å². The van der Waals surface area contributed by atoms with Crippen LogP contribution < -0.4 is 10.1 Å². The second-order valence-electron chi connectivity index (χ2n) is 6.59. The van der Waals surface area contributed by atoms with Crippen LogP contribution in [0.2, 0.25) is 0 Å². The molecule has 26 heavy (non-hydrogen) atoms. The molecule has 6 nitrogen and oxygen atoms in total. The average Bonchev–Trinajstić information content (AvgIpc) is 3.18. The van der Waals surface area contributed by atoms with E-state index in [0.29, 0.717) is 25.3 Å². The maximum Gasteiger partial charge on any atom is 0.289 e. The fourth-order valence-corrected chi connectivity index (χ4v) is 3.22. The summed E-state index contributed by atoms with van der Waals surface area (Å²) >= 11 is 0. The highest BCUT2D eigenvalue weighted by Crippen LogP contribution is 2.19. The Kier molecular flexibility index (Phi) is 5.61. The molecule has 1 saturated heterocycles. The van der Waals surface area contributed by atoms with E-state index in [9.17, 15) is 9.59 Å². The van der Waals surface area contributed by atoms with Crippen LogP contribution in [0.3, 0.4) is 0 Å². The lowest BCUT2D eigenvalue weighted by atomic mass is 10.0. The molecule has 0 aliphatic carbocycles. The van der Waals surface area contributed by atoms with Crippen LogP contribution in [0.5, 0.6) is 5.75 Å². The molecule has 0 unspecified atom stereocenters. The number of amides is 2. The molecule has 2 heterocycles. The van der Waals surface area contributed by atoms with E-state index in [1.165, 1.54) is 6.26 Å². The molecular formula is C20H24N2O4. The third-order valence-corrected chi connectivity index (χ3v) is 4.72. The Bertz CT molecular complexity index is 762. The molecule has 0 bridgehead atoms. The van der Waals surface area contributed by atoms with Gasteiger partial charge in [-0.1, -0.05) is 12.1 Å². The van der Waals surface area contributed by atoms with Crippen molar-refractivity contribution in [1.29, 1.82) is 0 Å². The van der Waals surface area contributed by atoms with Gasteiger partial charge in [0.1, 0.15) is 5.75 Å².